The second-order valence-corrected chi connectivity index (χ2v) is 27.8. The number of nitro groups is 1. The van der Waals surface area contributed by atoms with Crippen LogP contribution in [0.1, 0.15) is 104 Å². The van der Waals surface area contributed by atoms with E-state index in [9.17, 15) is 28.4 Å². The molecule has 3 aromatic carbocycles. The number of sulfonamides is 1. The van der Waals surface area contributed by atoms with Crippen LogP contribution in [0.2, 0.25) is 0 Å². The molecule has 9 heterocycles. The molecule has 0 bridgehead atoms. The van der Waals surface area contributed by atoms with E-state index in [2.05, 4.69) is 76.8 Å². The Morgan fingerprint density at radius 1 is 0.909 bits per heavy atom. The van der Waals surface area contributed by atoms with Gasteiger partial charge in [-0.15, -0.1) is 0 Å². The van der Waals surface area contributed by atoms with E-state index < -0.39 is 43.1 Å². The molecule has 3 aromatic heterocycles. The van der Waals surface area contributed by atoms with E-state index in [0.717, 1.165) is 125 Å². The molecule has 22 nitrogen and oxygen atoms in total. The van der Waals surface area contributed by atoms with Crippen LogP contribution in [0, 0.1) is 28.4 Å². The summed E-state index contributed by atoms with van der Waals surface area (Å²) in [5, 5.41) is 27.3. The van der Waals surface area contributed by atoms with E-state index in [0.29, 0.717) is 80.4 Å². The van der Waals surface area contributed by atoms with Crippen molar-refractivity contribution in [2.75, 3.05) is 106 Å². The van der Waals surface area contributed by atoms with Crippen molar-refractivity contribution >= 4 is 61.2 Å². The molecule has 6 aliphatic heterocycles. The molecule has 6 aromatic rings. The van der Waals surface area contributed by atoms with Crippen molar-refractivity contribution in [2.24, 2.45) is 11.3 Å². The zero-order valence-corrected chi connectivity index (χ0v) is 51.1. The van der Waals surface area contributed by atoms with Gasteiger partial charge < -0.3 is 53.8 Å². The smallest absolute Gasteiger partial charge is 0.297 e. The third-order valence-electron chi connectivity index (χ3n) is 20.3. The van der Waals surface area contributed by atoms with Gasteiger partial charge in [-0.25, -0.2) is 18.1 Å². The highest BCUT2D eigenvalue weighted by Gasteiger charge is 2.51. The van der Waals surface area contributed by atoms with E-state index >= 15 is 0 Å². The predicted octanol–water partition coefficient (Wildman–Crippen LogP) is 8.64. The van der Waals surface area contributed by atoms with Crippen LogP contribution in [0.5, 0.6) is 17.4 Å². The zero-order chi connectivity index (χ0) is 60.5. The number of H-pyrrole nitrogens is 1. The number of hydrogen-bond donors (Lipinski definition) is 4. The molecule has 0 unspecified atom stereocenters. The number of carbonyl (C=O) groups is 1. The van der Waals surface area contributed by atoms with Gasteiger partial charge in [-0.05, 0) is 142 Å². The first-order chi connectivity index (χ1) is 42.6. The fourth-order valence-electron chi connectivity index (χ4n) is 15.4. The number of nitrogens with zero attached hydrogens (tertiary/aromatic N) is 8. The maximum atomic E-state index is 15.0. The Hall–Kier alpha value is -7.28. The minimum absolute atomic E-state index is 0.0113. The monoisotopic (exact) mass is 1220 g/mol. The Kier molecular flexibility index (Phi) is 15.7. The van der Waals surface area contributed by atoms with Gasteiger partial charge in [0.25, 0.3) is 21.6 Å². The lowest BCUT2D eigenvalue weighted by Gasteiger charge is -2.58. The Morgan fingerprint density at radius 3 is 2.50 bits per heavy atom. The lowest BCUT2D eigenvalue weighted by molar-refractivity contribution is -0.384. The number of aliphatic hydroxyl groups is 1. The highest BCUT2D eigenvalue weighted by atomic mass is 32.2. The molecule has 466 valence electrons. The van der Waals surface area contributed by atoms with Gasteiger partial charge in [0.15, 0.2) is 23.0 Å². The van der Waals surface area contributed by atoms with Gasteiger partial charge in [0.2, 0.25) is 5.88 Å². The number of aromatic amines is 1. The molecule has 88 heavy (non-hydrogen) atoms. The number of benzene rings is 3. The summed E-state index contributed by atoms with van der Waals surface area (Å²) in [6.45, 7) is 13.1. The Balaban J connectivity index is 0.705. The minimum Gasteiger partial charge on any atom is -0.493 e. The number of nitro benzene ring substituents is 1. The van der Waals surface area contributed by atoms with Gasteiger partial charge in [-0.2, -0.15) is 4.98 Å². The molecular weight excluding hydrogens is 1140 g/mol. The number of nitrogens with one attached hydrogen (secondary N) is 3. The number of rotatable bonds is 14. The summed E-state index contributed by atoms with van der Waals surface area (Å²) in [5.74, 6) is 1.42. The third-order valence-corrected chi connectivity index (χ3v) is 21.7. The summed E-state index contributed by atoms with van der Waals surface area (Å²) in [5.41, 5.74) is 5.65. The fourth-order valence-corrected chi connectivity index (χ4v) is 16.4. The maximum absolute atomic E-state index is 15.0. The first kappa shape index (κ1) is 58.4. The molecule has 2 saturated carbocycles. The van der Waals surface area contributed by atoms with E-state index in [1.54, 1.807) is 13.2 Å². The summed E-state index contributed by atoms with van der Waals surface area (Å²) < 4.78 is 61.5. The van der Waals surface area contributed by atoms with Gasteiger partial charge >= 0.3 is 0 Å². The zero-order valence-electron chi connectivity index (χ0n) is 50.3. The molecular formula is C65H79N11O11S. The standard InChI is InChI=1S/C65H79N11O11S/c1-41-6-4-5-7-49(41)55-38-71(37-43-29-57(83-3)61(67-36-43)73-23-26-84-27-24-73)21-22-74(55)47-34-65(35-47)16-19-72(20-17-65)46-8-9-50(52(31-46)75-51-13-25-85-40-58(51)87-63-54(75)30-44-12-18-66-60(44)69-63)62(77)70-88(81,82)48-32-53(76(79)80)59-56(33-48)86-39-45(68-59)28-42-10-14-64(2,78)15-11-42/h4-9,12,18,29-33,36,42,45,47,51,55,58,68,78H,10-11,13-17,19-28,34-35,37-40H2,1-3H3,(H,66,69)(H,70,77)/t42?,45-,51+,55+,58+,64?/m1/s1. The topological polar surface area (TPSA) is 243 Å². The molecule has 4 atom stereocenters. The summed E-state index contributed by atoms with van der Waals surface area (Å²) in [6.07, 6.45) is 11.8. The van der Waals surface area contributed by atoms with Crippen LogP contribution in [-0.4, -0.2) is 165 Å². The van der Waals surface area contributed by atoms with Crippen molar-refractivity contribution in [3.05, 3.63) is 118 Å². The Morgan fingerprint density at radius 2 is 1.72 bits per heavy atom. The van der Waals surface area contributed by atoms with Gasteiger partial charge in [0.1, 0.15) is 24.0 Å². The summed E-state index contributed by atoms with van der Waals surface area (Å²) in [6, 6.07) is 22.8. The number of piperazine rings is 1. The second-order valence-electron chi connectivity index (χ2n) is 26.1. The maximum Gasteiger partial charge on any atom is 0.297 e. The van der Waals surface area contributed by atoms with E-state index in [4.69, 9.17) is 33.7 Å². The molecule has 14 rings (SSSR count). The molecule has 2 aliphatic carbocycles. The predicted molar refractivity (Wildman–Crippen MR) is 333 cm³/mol. The van der Waals surface area contributed by atoms with Crippen molar-refractivity contribution in [3.63, 3.8) is 0 Å². The Labute approximate surface area is 513 Å². The molecule has 6 fully saturated rings. The van der Waals surface area contributed by atoms with Crippen LogP contribution in [0.4, 0.5) is 34.3 Å². The number of hydrogen-bond acceptors (Lipinski definition) is 19. The number of ether oxygens (including phenoxy) is 5. The van der Waals surface area contributed by atoms with Crippen molar-refractivity contribution in [1.29, 1.82) is 0 Å². The minimum atomic E-state index is -4.74. The average molecular weight is 1220 g/mol. The molecule has 8 aliphatic rings. The number of pyridine rings is 2. The molecule has 1 amide bonds. The third kappa shape index (κ3) is 11.5. The van der Waals surface area contributed by atoms with Crippen molar-refractivity contribution in [2.45, 2.75) is 125 Å². The summed E-state index contributed by atoms with van der Waals surface area (Å²) in [4.78, 5) is 51.6. The molecule has 4 saturated heterocycles. The Bertz CT molecular complexity index is 3720. The van der Waals surface area contributed by atoms with Crippen LogP contribution in [0.25, 0.3) is 11.0 Å². The molecule has 4 N–H and O–H groups in total. The van der Waals surface area contributed by atoms with Crippen LogP contribution >= 0.6 is 0 Å². The van der Waals surface area contributed by atoms with Crippen LogP contribution in [0.15, 0.2) is 90.1 Å². The normalized spacial score (nSPS) is 25.8. The van der Waals surface area contributed by atoms with Gasteiger partial charge in [-0.1, -0.05) is 24.3 Å². The lowest BCUT2D eigenvalue weighted by Crippen LogP contribution is -2.59. The van der Waals surface area contributed by atoms with Crippen LogP contribution in [0.3, 0.4) is 0 Å². The molecule has 23 heteroatoms. The van der Waals surface area contributed by atoms with E-state index in [-0.39, 0.29) is 53.8 Å². The second kappa shape index (κ2) is 23.6. The number of anilines is 5. The SMILES string of the molecule is COc1cc(CN2CCN(C3CC4(CCN(c5ccc(C(=O)NS(=O)(=O)c6cc7c(c([N+](=O)[O-])c6)N[C@H](CC6CCC(C)(O)CC6)CO7)c(N6c7cc8cc[nH]c8nc7O[C@H]7COCC[C@@H]76)c5)CC4)C3)[C@H](c3ccccc3C)C2)cnc1N1CCOCC1. The van der Waals surface area contributed by atoms with Crippen LogP contribution in [-0.2, 0) is 26.0 Å². The van der Waals surface area contributed by atoms with E-state index in [1.165, 1.54) is 17.2 Å². The number of aryl methyl sites for hydroxylation is 1. The number of methoxy groups -OCH3 is 1. The molecule has 1 spiro atoms. The van der Waals surface area contributed by atoms with Gasteiger partial charge in [0, 0.05) is 107 Å². The lowest BCUT2D eigenvalue weighted by atomic mass is 9.59. The first-order valence-electron chi connectivity index (χ1n) is 31.4. The number of carbonyl (C=O) groups excluding carboxylic acids is 1. The summed E-state index contributed by atoms with van der Waals surface area (Å²) >= 11 is 0. The summed E-state index contributed by atoms with van der Waals surface area (Å²) in [7, 11) is -3.01. The number of morpholine rings is 1. The average Bonchev–Trinajstić information content (AvgIpc) is 2.04. The van der Waals surface area contributed by atoms with Gasteiger partial charge in [0.05, 0.1) is 65.7 Å². The highest BCUT2D eigenvalue weighted by Crippen LogP contribution is 2.54. The van der Waals surface area contributed by atoms with Crippen molar-refractivity contribution in [3.8, 4) is 17.4 Å². The van der Waals surface area contributed by atoms with Crippen molar-refractivity contribution < 1.29 is 46.9 Å². The quantitative estimate of drug-likeness (QED) is 0.0589. The fraction of sp³-hybridized carbons (Fsp3) is 0.523. The number of amides is 1. The largest absolute Gasteiger partial charge is 0.493 e. The van der Waals surface area contributed by atoms with E-state index in [1.807, 2.05) is 43.6 Å². The first-order valence-corrected chi connectivity index (χ1v) is 32.9. The van der Waals surface area contributed by atoms with Crippen molar-refractivity contribution in [1.82, 2.24) is 29.5 Å². The number of aromatic nitrogens is 3. The highest BCUT2D eigenvalue weighted by molar-refractivity contribution is 7.90. The number of fused-ring (bicyclic) bond motifs is 4. The molecule has 0 radical (unpaired) electrons. The van der Waals surface area contributed by atoms with Crippen LogP contribution < -0.4 is 38.9 Å². The van der Waals surface area contributed by atoms with Gasteiger partial charge in [-0.3, -0.25) is 24.7 Å². The number of piperidine rings is 1.